The van der Waals surface area contributed by atoms with Gasteiger partial charge in [0, 0.05) is 24.8 Å². The Morgan fingerprint density at radius 1 is 1.11 bits per heavy atom. The zero-order valence-electron chi connectivity index (χ0n) is 15.2. The molecule has 2 aliphatic heterocycles. The maximum absolute atomic E-state index is 12.4. The van der Waals surface area contributed by atoms with E-state index in [4.69, 9.17) is 9.47 Å². The van der Waals surface area contributed by atoms with Crippen molar-refractivity contribution in [2.24, 2.45) is 5.92 Å². The standard InChI is InChI=1S/C20H26N2O5/c23-13-18-17(22-20(25)14-8-10-26-11-9-14)7-6-16(27-18)12-19(24)21-15-4-2-1-3-5-15/h1-7,14,16-18,23H,8-13H2,(H,21,24)(H,22,25)/t16-,17+,18-/m0/s1. The van der Waals surface area contributed by atoms with Gasteiger partial charge in [0.25, 0.3) is 0 Å². The molecule has 146 valence electrons. The van der Waals surface area contributed by atoms with Crippen molar-refractivity contribution in [1.29, 1.82) is 0 Å². The maximum Gasteiger partial charge on any atom is 0.227 e. The van der Waals surface area contributed by atoms with Gasteiger partial charge in [0.2, 0.25) is 11.8 Å². The summed E-state index contributed by atoms with van der Waals surface area (Å²) in [6.07, 6.45) is 4.11. The van der Waals surface area contributed by atoms with Crippen LogP contribution in [0, 0.1) is 5.92 Å². The van der Waals surface area contributed by atoms with Crippen molar-refractivity contribution >= 4 is 17.5 Å². The number of carbonyl (C=O) groups excluding carboxylic acids is 2. The molecule has 27 heavy (non-hydrogen) atoms. The van der Waals surface area contributed by atoms with Crippen LogP contribution >= 0.6 is 0 Å². The van der Waals surface area contributed by atoms with Crippen LogP contribution in [0.1, 0.15) is 19.3 Å². The van der Waals surface area contributed by atoms with E-state index in [0.717, 1.165) is 5.69 Å². The van der Waals surface area contributed by atoms with E-state index in [9.17, 15) is 14.7 Å². The smallest absolute Gasteiger partial charge is 0.227 e. The lowest BCUT2D eigenvalue weighted by Crippen LogP contribution is -2.50. The Kier molecular flexibility index (Phi) is 6.98. The Morgan fingerprint density at radius 2 is 1.85 bits per heavy atom. The minimum Gasteiger partial charge on any atom is -0.394 e. The Balaban J connectivity index is 1.52. The predicted molar refractivity (Wildman–Crippen MR) is 100 cm³/mol. The normalized spacial score (nSPS) is 25.7. The first-order valence-corrected chi connectivity index (χ1v) is 9.33. The highest BCUT2D eigenvalue weighted by atomic mass is 16.5. The van der Waals surface area contributed by atoms with Gasteiger partial charge in [0.15, 0.2) is 0 Å². The minimum atomic E-state index is -0.576. The van der Waals surface area contributed by atoms with Gasteiger partial charge >= 0.3 is 0 Å². The topological polar surface area (TPSA) is 96.9 Å². The number of carbonyl (C=O) groups is 2. The van der Waals surface area contributed by atoms with E-state index < -0.39 is 18.2 Å². The van der Waals surface area contributed by atoms with Crippen molar-refractivity contribution < 1.29 is 24.2 Å². The highest BCUT2D eigenvalue weighted by Gasteiger charge is 2.31. The van der Waals surface area contributed by atoms with Gasteiger partial charge in [-0.2, -0.15) is 0 Å². The second-order valence-corrected chi connectivity index (χ2v) is 6.82. The summed E-state index contributed by atoms with van der Waals surface area (Å²) in [7, 11) is 0. The highest BCUT2D eigenvalue weighted by Crippen LogP contribution is 2.19. The largest absolute Gasteiger partial charge is 0.394 e. The van der Waals surface area contributed by atoms with Gasteiger partial charge in [-0.05, 0) is 25.0 Å². The summed E-state index contributed by atoms with van der Waals surface area (Å²) >= 11 is 0. The van der Waals surface area contributed by atoms with Crippen molar-refractivity contribution in [3.63, 3.8) is 0 Å². The molecular formula is C20H26N2O5. The van der Waals surface area contributed by atoms with Crippen LogP contribution in [0.5, 0.6) is 0 Å². The molecule has 1 aromatic rings. The summed E-state index contributed by atoms with van der Waals surface area (Å²) in [6.45, 7) is 0.952. The van der Waals surface area contributed by atoms with Gasteiger partial charge < -0.3 is 25.2 Å². The molecule has 0 aromatic heterocycles. The SMILES string of the molecule is O=C(C[C@@H]1C=C[C@@H](NC(=O)C2CCOCC2)[C@H](CO)O1)Nc1ccccc1. The fourth-order valence-corrected chi connectivity index (χ4v) is 3.29. The number of anilines is 1. The van der Waals surface area contributed by atoms with Crippen molar-refractivity contribution in [3.8, 4) is 0 Å². The van der Waals surface area contributed by atoms with Crippen LogP contribution in [0.4, 0.5) is 5.69 Å². The monoisotopic (exact) mass is 374 g/mol. The molecule has 7 nitrogen and oxygen atoms in total. The third kappa shape index (κ3) is 5.63. The molecule has 3 rings (SSSR count). The van der Waals surface area contributed by atoms with Crippen LogP contribution in [0.3, 0.4) is 0 Å². The quantitative estimate of drug-likeness (QED) is 0.651. The van der Waals surface area contributed by atoms with Gasteiger partial charge in [-0.15, -0.1) is 0 Å². The summed E-state index contributed by atoms with van der Waals surface area (Å²) in [5.74, 6) is -0.284. The van der Waals surface area contributed by atoms with E-state index in [0.29, 0.717) is 26.1 Å². The van der Waals surface area contributed by atoms with Crippen LogP contribution in [0.2, 0.25) is 0 Å². The number of hydrogen-bond acceptors (Lipinski definition) is 5. The predicted octanol–water partition coefficient (Wildman–Crippen LogP) is 1.24. The Labute approximate surface area is 158 Å². The summed E-state index contributed by atoms with van der Waals surface area (Å²) in [6, 6.07) is 8.80. The minimum absolute atomic E-state index is 0.0460. The number of rotatable bonds is 6. The fraction of sp³-hybridized carbons (Fsp3) is 0.500. The summed E-state index contributed by atoms with van der Waals surface area (Å²) < 4.78 is 11.1. The second kappa shape index (κ2) is 9.64. The molecule has 0 bridgehead atoms. The molecule has 0 radical (unpaired) electrons. The average molecular weight is 374 g/mol. The molecule has 0 aliphatic carbocycles. The van der Waals surface area contributed by atoms with Gasteiger partial charge in [-0.25, -0.2) is 0 Å². The van der Waals surface area contributed by atoms with E-state index in [-0.39, 0.29) is 30.8 Å². The lowest BCUT2D eigenvalue weighted by molar-refractivity contribution is -0.131. The zero-order valence-corrected chi connectivity index (χ0v) is 15.2. The molecule has 2 amide bonds. The van der Waals surface area contributed by atoms with Crippen LogP contribution in [0.15, 0.2) is 42.5 Å². The second-order valence-electron chi connectivity index (χ2n) is 6.82. The van der Waals surface area contributed by atoms with Crippen molar-refractivity contribution in [2.45, 2.75) is 37.5 Å². The van der Waals surface area contributed by atoms with Gasteiger partial charge in [-0.3, -0.25) is 9.59 Å². The fourth-order valence-electron chi connectivity index (χ4n) is 3.29. The molecule has 1 fully saturated rings. The maximum atomic E-state index is 12.4. The first kappa shape index (κ1) is 19.5. The zero-order chi connectivity index (χ0) is 19.1. The summed E-state index contributed by atoms with van der Waals surface area (Å²) in [5.41, 5.74) is 0.725. The Bertz CT molecular complexity index is 658. The summed E-state index contributed by atoms with van der Waals surface area (Å²) in [4.78, 5) is 24.6. The molecule has 2 aliphatic rings. The number of aliphatic hydroxyl groups excluding tert-OH is 1. The number of ether oxygens (including phenoxy) is 2. The molecule has 0 unspecified atom stereocenters. The molecule has 3 atom stereocenters. The number of amides is 2. The number of benzene rings is 1. The lowest BCUT2D eigenvalue weighted by atomic mass is 9.97. The van der Waals surface area contributed by atoms with Crippen molar-refractivity contribution in [2.75, 3.05) is 25.1 Å². The first-order chi connectivity index (χ1) is 13.2. The highest BCUT2D eigenvalue weighted by molar-refractivity contribution is 5.91. The van der Waals surface area contributed by atoms with Crippen LogP contribution in [0.25, 0.3) is 0 Å². The van der Waals surface area contributed by atoms with Crippen molar-refractivity contribution in [1.82, 2.24) is 5.32 Å². The number of hydrogen-bond donors (Lipinski definition) is 3. The Hall–Kier alpha value is -2.22. The molecule has 1 aromatic carbocycles. The third-order valence-electron chi connectivity index (χ3n) is 4.81. The summed E-state index contributed by atoms with van der Waals surface area (Å²) in [5, 5.41) is 15.4. The molecule has 7 heteroatoms. The molecule has 1 saturated heterocycles. The van der Waals surface area contributed by atoms with Crippen molar-refractivity contribution in [3.05, 3.63) is 42.5 Å². The Morgan fingerprint density at radius 3 is 2.56 bits per heavy atom. The van der Waals surface area contributed by atoms with Crippen LogP contribution < -0.4 is 10.6 Å². The average Bonchev–Trinajstić information content (AvgIpc) is 2.70. The number of para-hydroxylation sites is 1. The van der Waals surface area contributed by atoms with E-state index >= 15 is 0 Å². The van der Waals surface area contributed by atoms with Gasteiger partial charge in [0.1, 0.15) is 6.10 Å². The van der Waals surface area contributed by atoms with E-state index in [1.807, 2.05) is 36.4 Å². The molecule has 3 N–H and O–H groups in total. The third-order valence-corrected chi connectivity index (χ3v) is 4.81. The molecule has 2 heterocycles. The first-order valence-electron chi connectivity index (χ1n) is 9.33. The molecule has 0 saturated carbocycles. The van der Waals surface area contributed by atoms with Gasteiger partial charge in [0.05, 0.1) is 25.2 Å². The lowest BCUT2D eigenvalue weighted by Gasteiger charge is -2.33. The van der Waals surface area contributed by atoms with Crippen LogP contribution in [-0.4, -0.2) is 55.0 Å². The van der Waals surface area contributed by atoms with E-state index in [1.165, 1.54) is 0 Å². The van der Waals surface area contributed by atoms with Gasteiger partial charge in [-0.1, -0.05) is 30.4 Å². The van der Waals surface area contributed by atoms with E-state index in [1.54, 1.807) is 6.08 Å². The molecule has 0 spiro atoms. The van der Waals surface area contributed by atoms with E-state index in [2.05, 4.69) is 10.6 Å². The number of nitrogens with one attached hydrogen (secondary N) is 2. The van der Waals surface area contributed by atoms with Crippen LogP contribution in [-0.2, 0) is 19.1 Å². The number of aliphatic hydroxyl groups is 1. The molecular weight excluding hydrogens is 348 g/mol.